The zero-order valence-electron chi connectivity index (χ0n) is 10.3. The van der Waals surface area contributed by atoms with E-state index < -0.39 is 0 Å². The van der Waals surface area contributed by atoms with E-state index in [1.54, 1.807) is 0 Å². The Bertz CT molecular complexity index is 689. The van der Waals surface area contributed by atoms with Gasteiger partial charge in [-0.25, -0.2) is 4.99 Å². The fourth-order valence-corrected chi connectivity index (χ4v) is 2.47. The van der Waals surface area contributed by atoms with Crippen LogP contribution in [0.1, 0.15) is 5.56 Å². The summed E-state index contributed by atoms with van der Waals surface area (Å²) in [6.07, 6.45) is 2.13. The summed E-state index contributed by atoms with van der Waals surface area (Å²) < 4.78 is 5.80. The van der Waals surface area contributed by atoms with Crippen molar-refractivity contribution >= 4 is 17.4 Å². The van der Waals surface area contributed by atoms with Crippen molar-refractivity contribution in [2.45, 2.75) is 0 Å². The number of aliphatic imine (C=N–C) groups is 1. The number of rotatable bonds is 1. The first-order valence-electron chi connectivity index (χ1n) is 6.30. The van der Waals surface area contributed by atoms with Crippen LogP contribution < -0.4 is 9.64 Å². The molecule has 0 spiro atoms. The summed E-state index contributed by atoms with van der Waals surface area (Å²) >= 11 is 0. The minimum atomic E-state index is 0.657. The highest BCUT2D eigenvalue weighted by molar-refractivity contribution is 6.11. The standard InChI is InChI=1S/C16H12N2O/c1-2-6-12(7-3-1)13-10-11-17-16-18(13)14-8-4-5-9-15(14)19-16/h1-10H,11H2. The van der Waals surface area contributed by atoms with Crippen LogP contribution in [0.3, 0.4) is 0 Å². The SMILES string of the molecule is C1=C(c2ccccc2)N2C(=NC1)Oc1ccccc12. The molecule has 2 aromatic carbocycles. The largest absolute Gasteiger partial charge is 0.423 e. The Morgan fingerprint density at radius 3 is 2.63 bits per heavy atom. The Morgan fingerprint density at radius 1 is 0.947 bits per heavy atom. The van der Waals surface area contributed by atoms with Gasteiger partial charge in [0.2, 0.25) is 0 Å². The lowest BCUT2D eigenvalue weighted by atomic mass is 10.1. The number of hydrogen-bond acceptors (Lipinski definition) is 3. The number of para-hydroxylation sites is 2. The normalized spacial score (nSPS) is 16.1. The van der Waals surface area contributed by atoms with Gasteiger partial charge in [0.1, 0.15) is 0 Å². The van der Waals surface area contributed by atoms with Crippen LogP contribution in [-0.2, 0) is 0 Å². The fourth-order valence-electron chi connectivity index (χ4n) is 2.47. The van der Waals surface area contributed by atoms with Gasteiger partial charge < -0.3 is 4.74 Å². The van der Waals surface area contributed by atoms with Crippen molar-refractivity contribution in [3.8, 4) is 5.75 Å². The molecule has 0 unspecified atom stereocenters. The van der Waals surface area contributed by atoms with Crippen LogP contribution in [0.5, 0.6) is 5.75 Å². The van der Waals surface area contributed by atoms with Crippen molar-refractivity contribution in [2.75, 3.05) is 11.4 Å². The third-order valence-electron chi connectivity index (χ3n) is 3.32. The molecular weight excluding hydrogens is 236 g/mol. The maximum Gasteiger partial charge on any atom is 0.302 e. The van der Waals surface area contributed by atoms with Crippen LogP contribution in [0.15, 0.2) is 65.7 Å². The van der Waals surface area contributed by atoms with E-state index in [-0.39, 0.29) is 0 Å². The molecule has 0 atom stereocenters. The third kappa shape index (κ3) is 1.55. The van der Waals surface area contributed by atoms with E-state index in [0.29, 0.717) is 12.6 Å². The monoisotopic (exact) mass is 248 g/mol. The highest BCUT2D eigenvalue weighted by Crippen LogP contribution is 2.40. The Morgan fingerprint density at radius 2 is 1.74 bits per heavy atom. The molecule has 2 aliphatic rings. The lowest BCUT2D eigenvalue weighted by Gasteiger charge is -2.23. The van der Waals surface area contributed by atoms with Gasteiger partial charge in [0, 0.05) is 0 Å². The highest BCUT2D eigenvalue weighted by atomic mass is 16.5. The van der Waals surface area contributed by atoms with Gasteiger partial charge in [-0.15, -0.1) is 0 Å². The molecule has 3 nitrogen and oxygen atoms in total. The molecule has 19 heavy (non-hydrogen) atoms. The number of anilines is 1. The highest BCUT2D eigenvalue weighted by Gasteiger charge is 2.32. The van der Waals surface area contributed by atoms with Crippen LogP contribution >= 0.6 is 0 Å². The molecule has 0 N–H and O–H groups in total. The molecule has 0 saturated heterocycles. The number of fused-ring (bicyclic) bond motifs is 3. The number of benzene rings is 2. The van der Waals surface area contributed by atoms with Gasteiger partial charge in [0.25, 0.3) is 0 Å². The molecule has 2 aromatic rings. The van der Waals surface area contributed by atoms with Gasteiger partial charge in [-0.05, 0) is 23.8 Å². The number of nitrogens with zero attached hydrogens (tertiary/aromatic N) is 2. The van der Waals surface area contributed by atoms with Crippen LogP contribution in [0.25, 0.3) is 5.70 Å². The van der Waals surface area contributed by atoms with E-state index in [1.165, 1.54) is 5.56 Å². The van der Waals surface area contributed by atoms with E-state index in [0.717, 1.165) is 17.1 Å². The Labute approximate surface area is 111 Å². The van der Waals surface area contributed by atoms with E-state index in [4.69, 9.17) is 4.74 Å². The van der Waals surface area contributed by atoms with Crippen molar-refractivity contribution in [3.05, 3.63) is 66.2 Å². The van der Waals surface area contributed by atoms with Crippen molar-refractivity contribution in [1.29, 1.82) is 0 Å². The molecule has 0 fully saturated rings. The molecule has 0 radical (unpaired) electrons. The van der Waals surface area contributed by atoms with Gasteiger partial charge in [0.05, 0.1) is 17.9 Å². The van der Waals surface area contributed by atoms with E-state index in [9.17, 15) is 0 Å². The summed E-state index contributed by atoms with van der Waals surface area (Å²) in [7, 11) is 0. The lowest BCUT2D eigenvalue weighted by molar-refractivity contribution is 0.562. The molecule has 0 amide bonds. The van der Waals surface area contributed by atoms with Crippen LogP contribution in [0.2, 0.25) is 0 Å². The number of amidine groups is 1. The average Bonchev–Trinajstić information content (AvgIpc) is 2.86. The van der Waals surface area contributed by atoms with Gasteiger partial charge in [-0.2, -0.15) is 0 Å². The van der Waals surface area contributed by atoms with Gasteiger partial charge in [-0.3, -0.25) is 4.90 Å². The van der Waals surface area contributed by atoms with Crippen molar-refractivity contribution in [2.24, 2.45) is 4.99 Å². The second kappa shape index (κ2) is 3.99. The summed E-state index contributed by atoms with van der Waals surface area (Å²) in [5, 5.41) is 0. The molecule has 0 saturated carbocycles. The molecule has 3 heteroatoms. The van der Waals surface area contributed by atoms with E-state index in [1.807, 2.05) is 36.4 Å². The molecule has 92 valence electrons. The van der Waals surface area contributed by atoms with Crippen molar-refractivity contribution in [3.63, 3.8) is 0 Å². The average molecular weight is 248 g/mol. The second-order valence-corrected chi connectivity index (χ2v) is 4.48. The summed E-state index contributed by atoms with van der Waals surface area (Å²) in [5.41, 5.74) is 3.36. The maximum absolute atomic E-state index is 5.80. The summed E-state index contributed by atoms with van der Waals surface area (Å²) in [6.45, 7) is 0.657. The zero-order valence-corrected chi connectivity index (χ0v) is 10.3. The Kier molecular flexibility index (Phi) is 2.18. The fraction of sp³-hybridized carbons (Fsp3) is 0.0625. The van der Waals surface area contributed by atoms with Gasteiger partial charge in [-0.1, -0.05) is 42.5 Å². The lowest BCUT2D eigenvalue weighted by Crippen LogP contribution is -2.30. The number of ether oxygens (including phenoxy) is 1. The minimum absolute atomic E-state index is 0.657. The van der Waals surface area contributed by atoms with Crippen LogP contribution in [0, 0.1) is 0 Å². The first-order valence-corrected chi connectivity index (χ1v) is 6.30. The summed E-state index contributed by atoms with van der Waals surface area (Å²) in [5.74, 6) is 0.866. The predicted molar refractivity (Wildman–Crippen MR) is 76.3 cm³/mol. The molecule has 4 rings (SSSR count). The van der Waals surface area contributed by atoms with E-state index in [2.05, 4.69) is 34.2 Å². The van der Waals surface area contributed by atoms with Gasteiger partial charge >= 0.3 is 6.02 Å². The second-order valence-electron chi connectivity index (χ2n) is 4.48. The zero-order chi connectivity index (χ0) is 12.7. The van der Waals surface area contributed by atoms with Crippen molar-refractivity contribution in [1.82, 2.24) is 0 Å². The smallest absolute Gasteiger partial charge is 0.302 e. The van der Waals surface area contributed by atoms with Crippen molar-refractivity contribution < 1.29 is 4.74 Å². The molecule has 2 heterocycles. The quantitative estimate of drug-likeness (QED) is 0.773. The summed E-state index contributed by atoms with van der Waals surface area (Å²) in [6, 6.07) is 19.0. The molecular formula is C16H12N2O. The predicted octanol–water partition coefficient (Wildman–Crippen LogP) is 3.30. The first-order chi connectivity index (χ1) is 9.43. The minimum Gasteiger partial charge on any atom is -0.423 e. The third-order valence-corrected chi connectivity index (χ3v) is 3.32. The molecule has 0 aliphatic carbocycles. The van der Waals surface area contributed by atoms with Crippen LogP contribution in [0.4, 0.5) is 5.69 Å². The molecule has 0 aromatic heterocycles. The molecule has 0 bridgehead atoms. The maximum atomic E-state index is 5.80. The van der Waals surface area contributed by atoms with E-state index >= 15 is 0 Å². The Hall–Kier alpha value is -2.55. The first kappa shape index (κ1) is 10.4. The number of hydrogen-bond donors (Lipinski definition) is 0. The van der Waals surface area contributed by atoms with Gasteiger partial charge in [0.15, 0.2) is 5.75 Å². The summed E-state index contributed by atoms with van der Waals surface area (Å²) in [4.78, 5) is 6.50. The Balaban J connectivity index is 1.85. The topological polar surface area (TPSA) is 24.8 Å². The molecule has 2 aliphatic heterocycles. The van der Waals surface area contributed by atoms with Crippen LogP contribution in [-0.4, -0.2) is 12.6 Å².